The topological polar surface area (TPSA) is 126 Å². The van der Waals surface area contributed by atoms with E-state index in [0.717, 1.165) is 32.1 Å². The minimum Gasteiger partial charge on any atom is -0.466 e. The number of esters is 1. The molecule has 5 atom stereocenters. The fourth-order valence-electron chi connectivity index (χ4n) is 6.47. The number of hydrogen-bond donors (Lipinski definition) is 4. The van der Waals surface area contributed by atoms with Gasteiger partial charge >= 0.3 is 5.97 Å². The van der Waals surface area contributed by atoms with Gasteiger partial charge in [-0.2, -0.15) is 0 Å². The van der Waals surface area contributed by atoms with Crippen LogP contribution in [-0.2, 0) is 19.0 Å². The highest BCUT2D eigenvalue weighted by molar-refractivity contribution is 5.69. The Bertz CT molecular complexity index is 761. The van der Waals surface area contributed by atoms with E-state index in [1.165, 1.54) is 154 Å². The Balaban J connectivity index is 0.00000105. The van der Waals surface area contributed by atoms with Gasteiger partial charge in [0.1, 0.15) is 24.4 Å². The van der Waals surface area contributed by atoms with Crippen LogP contribution in [0, 0.1) is 0 Å². The first-order chi connectivity index (χ1) is 25.4. The summed E-state index contributed by atoms with van der Waals surface area (Å²) < 4.78 is 16.1. The van der Waals surface area contributed by atoms with E-state index >= 15 is 0 Å². The Morgan fingerprint density at radius 3 is 1.38 bits per heavy atom. The van der Waals surface area contributed by atoms with Crippen molar-refractivity contribution < 1.29 is 39.4 Å². The largest absolute Gasteiger partial charge is 0.466 e. The third kappa shape index (κ3) is 31.3. The zero-order valence-electron chi connectivity index (χ0n) is 34.3. The summed E-state index contributed by atoms with van der Waals surface area (Å²) in [5, 5.41) is 38.2. The van der Waals surface area contributed by atoms with Crippen LogP contribution in [0.2, 0.25) is 0 Å². The fourth-order valence-corrected chi connectivity index (χ4v) is 6.47. The maximum Gasteiger partial charge on any atom is 0.305 e. The molecule has 1 heterocycles. The minimum atomic E-state index is -1.37. The molecule has 0 aromatic rings. The van der Waals surface area contributed by atoms with Crippen molar-refractivity contribution in [3.63, 3.8) is 0 Å². The van der Waals surface area contributed by atoms with E-state index < -0.39 is 37.3 Å². The van der Waals surface area contributed by atoms with Gasteiger partial charge in [0.15, 0.2) is 6.29 Å². The molecule has 1 rings (SSSR count). The second-order valence-corrected chi connectivity index (χ2v) is 15.1. The Hall–Kier alpha value is -1.03. The summed E-state index contributed by atoms with van der Waals surface area (Å²) in [6, 6.07) is 0. The van der Waals surface area contributed by atoms with Crippen LogP contribution in [0.25, 0.3) is 0 Å². The molecule has 0 aliphatic carbocycles. The number of aliphatic hydroxyl groups is 4. The first-order valence-electron chi connectivity index (χ1n) is 22.1. The zero-order valence-corrected chi connectivity index (χ0v) is 34.3. The van der Waals surface area contributed by atoms with Gasteiger partial charge in [0.2, 0.25) is 0 Å². The van der Waals surface area contributed by atoms with Gasteiger partial charge in [-0.05, 0) is 44.9 Å². The predicted molar refractivity (Wildman–Crippen MR) is 215 cm³/mol. The van der Waals surface area contributed by atoms with Crippen molar-refractivity contribution in [2.45, 2.75) is 244 Å². The average molecular weight is 743 g/mol. The number of allylic oxidation sites excluding steroid dienone is 2. The summed E-state index contributed by atoms with van der Waals surface area (Å²) in [6.07, 6.45) is 36.0. The molecular weight excluding hydrogens is 656 g/mol. The standard InChI is InChI=1S/C28H54O2.C16H32O6/c1-3-5-7-9-11-13-14-15-16-17-18-19-20-22-24-26-28(29)30-27-25-23-21-12-10-8-6-4-2;1-2-3-4-5-6-7-8-9-10-21-16-15(20)14(19)13(18)12(11-17)22-16/h15-16H,3-14,17-27H2,1-2H3;12-20H,2-11H2,1H3/b16-15-;/t;12-,13-,14+,15-,16?/m.1/s1. The summed E-state index contributed by atoms with van der Waals surface area (Å²) in [4.78, 5) is 11.8. The first-order valence-corrected chi connectivity index (χ1v) is 22.1. The van der Waals surface area contributed by atoms with Crippen LogP contribution >= 0.6 is 0 Å². The highest BCUT2D eigenvalue weighted by atomic mass is 16.7. The molecule has 1 saturated heterocycles. The number of rotatable bonds is 35. The van der Waals surface area contributed by atoms with Crippen molar-refractivity contribution in [2.75, 3.05) is 19.8 Å². The van der Waals surface area contributed by atoms with E-state index in [1.54, 1.807) is 0 Å². The molecule has 0 amide bonds. The second kappa shape index (κ2) is 39.7. The third-order valence-electron chi connectivity index (χ3n) is 10.0. The Morgan fingerprint density at radius 2 is 0.923 bits per heavy atom. The number of carbonyl (C=O) groups is 1. The third-order valence-corrected chi connectivity index (χ3v) is 10.0. The van der Waals surface area contributed by atoms with Gasteiger partial charge in [0, 0.05) is 13.0 Å². The lowest BCUT2D eigenvalue weighted by Crippen LogP contribution is -2.59. The summed E-state index contributed by atoms with van der Waals surface area (Å²) in [7, 11) is 0. The van der Waals surface area contributed by atoms with Crippen molar-refractivity contribution in [3.05, 3.63) is 12.2 Å². The van der Waals surface area contributed by atoms with Gasteiger partial charge < -0.3 is 34.6 Å². The molecule has 8 heteroatoms. The average Bonchev–Trinajstić information content (AvgIpc) is 3.15. The Morgan fingerprint density at radius 1 is 0.519 bits per heavy atom. The van der Waals surface area contributed by atoms with Gasteiger partial charge in [0.25, 0.3) is 0 Å². The van der Waals surface area contributed by atoms with Crippen LogP contribution in [0.1, 0.15) is 213 Å². The SMILES string of the molecule is CCCCCCCC/C=C\CCCCCCCC(=O)OCCCCCCCCCC.CCCCCCCCCCOC1O[C@H](CO)[C@@H](O)[C@H](O)[C@H]1O. The predicted octanol–water partition coefficient (Wildman–Crippen LogP) is 10.7. The lowest BCUT2D eigenvalue weighted by molar-refractivity contribution is -0.301. The van der Waals surface area contributed by atoms with Gasteiger partial charge in [-0.15, -0.1) is 0 Å². The van der Waals surface area contributed by atoms with Crippen molar-refractivity contribution in [1.82, 2.24) is 0 Å². The van der Waals surface area contributed by atoms with Crippen molar-refractivity contribution in [3.8, 4) is 0 Å². The molecule has 1 unspecified atom stereocenters. The molecule has 0 aromatic heterocycles. The molecule has 52 heavy (non-hydrogen) atoms. The number of ether oxygens (including phenoxy) is 3. The summed E-state index contributed by atoms with van der Waals surface area (Å²) >= 11 is 0. The van der Waals surface area contributed by atoms with Gasteiger partial charge in [0.05, 0.1) is 13.2 Å². The number of carbonyl (C=O) groups excluding carboxylic acids is 1. The maximum atomic E-state index is 11.8. The van der Waals surface area contributed by atoms with Crippen LogP contribution in [0.4, 0.5) is 0 Å². The van der Waals surface area contributed by atoms with E-state index in [-0.39, 0.29) is 5.97 Å². The molecule has 0 saturated carbocycles. The normalized spacial score (nSPS) is 20.2. The smallest absolute Gasteiger partial charge is 0.305 e. The zero-order chi connectivity index (χ0) is 38.3. The van der Waals surface area contributed by atoms with Crippen LogP contribution in [0.5, 0.6) is 0 Å². The highest BCUT2D eigenvalue weighted by Crippen LogP contribution is 2.22. The molecule has 0 bridgehead atoms. The van der Waals surface area contributed by atoms with Crippen molar-refractivity contribution in [1.29, 1.82) is 0 Å². The minimum absolute atomic E-state index is 0.00979. The van der Waals surface area contributed by atoms with Crippen molar-refractivity contribution >= 4 is 5.97 Å². The highest BCUT2D eigenvalue weighted by Gasteiger charge is 2.43. The van der Waals surface area contributed by atoms with Gasteiger partial charge in [-0.3, -0.25) is 4.79 Å². The van der Waals surface area contributed by atoms with E-state index in [1.807, 2.05) is 0 Å². The fraction of sp³-hybridized carbons (Fsp3) is 0.932. The van der Waals surface area contributed by atoms with Gasteiger partial charge in [-0.25, -0.2) is 0 Å². The second-order valence-electron chi connectivity index (χ2n) is 15.1. The molecule has 0 spiro atoms. The Kier molecular flexibility index (Phi) is 38.9. The Labute approximate surface area is 320 Å². The maximum absolute atomic E-state index is 11.8. The molecule has 310 valence electrons. The quantitative estimate of drug-likeness (QED) is 0.0287. The van der Waals surface area contributed by atoms with Crippen LogP contribution < -0.4 is 0 Å². The molecule has 0 radical (unpaired) electrons. The van der Waals surface area contributed by atoms with Crippen LogP contribution in [0.3, 0.4) is 0 Å². The van der Waals surface area contributed by atoms with E-state index in [2.05, 4.69) is 32.9 Å². The number of aliphatic hydroxyl groups excluding tert-OH is 4. The lowest BCUT2D eigenvalue weighted by Gasteiger charge is -2.39. The molecule has 8 nitrogen and oxygen atoms in total. The summed E-state index contributed by atoms with van der Waals surface area (Å²) in [5.74, 6) is 0.00979. The number of unbranched alkanes of at least 4 members (excludes halogenated alkanes) is 25. The van der Waals surface area contributed by atoms with Crippen molar-refractivity contribution in [2.24, 2.45) is 0 Å². The molecule has 4 N–H and O–H groups in total. The van der Waals surface area contributed by atoms with E-state index in [0.29, 0.717) is 19.6 Å². The molecular formula is C44H86O8. The van der Waals surface area contributed by atoms with E-state index in [4.69, 9.17) is 19.3 Å². The van der Waals surface area contributed by atoms with E-state index in [9.17, 15) is 20.1 Å². The number of hydrogen-bond acceptors (Lipinski definition) is 8. The summed E-state index contributed by atoms with van der Waals surface area (Å²) in [6.45, 7) is 7.36. The van der Waals surface area contributed by atoms with Crippen LogP contribution in [-0.4, -0.2) is 76.9 Å². The van der Waals surface area contributed by atoms with Gasteiger partial charge in [-0.1, -0.05) is 174 Å². The van der Waals surface area contributed by atoms with Crippen LogP contribution in [0.15, 0.2) is 12.2 Å². The molecule has 0 aromatic carbocycles. The summed E-state index contributed by atoms with van der Waals surface area (Å²) in [5.41, 5.74) is 0. The molecule has 1 aliphatic rings. The first kappa shape index (κ1) is 51.0. The lowest BCUT2D eigenvalue weighted by atomic mass is 9.99. The molecule has 1 fully saturated rings. The molecule has 1 aliphatic heterocycles. The monoisotopic (exact) mass is 743 g/mol.